The van der Waals surface area contributed by atoms with E-state index in [4.69, 9.17) is 11.5 Å². The van der Waals surface area contributed by atoms with Crippen LogP contribution in [0.4, 0.5) is 11.5 Å². The Kier molecular flexibility index (Phi) is 3.51. The van der Waals surface area contributed by atoms with E-state index < -0.39 is 0 Å². The molecule has 4 N–H and O–H groups in total. The average molecular weight is 299 g/mol. The fourth-order valence-corrected chi connectivity index (χ4v) is 2.67. The lowest BCUT2D eigenvalue weighted by atomic mass is 9.96. The van der Waals surface area contributed by atoms with Gasteiger partial charge < -0.3 is 16.4 Å². The van der Waals surface area contributed by atoms with Crippen LogP contribution in [0.5, 0.6) is 0 Å². The number of carbonyl (C=O) groups excluding carboxylic acids is 1. The molecular formula is C11H15BrN4O. The predicted octanol–water partition coefficient (Wildman–Crippen LogP) is 1.13. The molecule has 0 atom stereocenters. The molecular weight excluding hydrogens is 284 g/mol. The molecule has 0 spiro atoms. The maximum absolute atomic E-state index is 11.1. The van der Waals surface area contributed by atoms with Gasteiger partial charge in [0.15, 0.2) is 0 Å². The number of nitrogen functional groups attached to an aromatic ring is 1. The molecule has 92 valence electrons. The molecule has 6 heteroatoms. The molecule has 1 aliphatic rings. The Morgan fingerprint density at radius 2 is 2.12 bits per heavy atom. The number of aromatic nitrogens is 1. The normalized spacial score (nSPS) is 17.1. The Bertz CT molecular complexity index is 429. The number of halogens is 1. The van der Waals surface area contributed by atoms with Gasteiger partial charge in [0.05, 0.1) is 16.4 Å². The number of carbonyl (C=O) groups is 1. The van der Waals surface area contributed by atoms with Crippen LogP contribution in [0.2, 0.25) is 0 Å². The third kappa shape index (κ3) is 2.69. The van der Waals surface area contributed by atoms with E-state index >= 15 is 0 Å². The quantitative estimate of drug-likeness (QED) is 0.857. The van der Waals surface area contributed by atoms with Crippen LogP contribution in [-0.2, 0) is 4.79 Å². The van der Waals surface area contributed by atoms with Crippen molar-refractivity contribution < 1.29 is 4.79 Å². The monoisotopic (exact) mass is 298 g/mol. The van der Waals surface area contributed by atoms with Gasteiger partial charge in [0.2, 0.25) is 5.91 Å². The molecule has 1 fully saturated rings. The molecule has 1 aromatic rings. The minimum Gasteiger partial charge on any atom is -0.397 e. The van der Waals surface area contributed by atoms with Crippen molar-refractivity contribution in [1.82, 2.24) is 4.98 Å². The van der Waals surface area contributed by atoms with Crippen molar-refractivity contribution in [3.05, 3.63) is 16.7 Å². The van der Waals surface area contributed by atoms with Gasteiger partial charge in [0, 0.05) is 19.0 Å². The number of amides is 1. The molecule has 1 amide bonds. The number of anilines is 2. The molecule has 2 rings (SSSR count). The van der Waals surface area contributed by atoms with Crippen LogP contribution in [0.3, 0.4) is 0 Å². The Balaban J connectivity index is 2.08. The highest BCUT2D eigenvalue weighted by Crippen LogP contribution is 2.29. The smallest absolute Gasteiger partial charge is 0.220 e. The first-order chi connectivity index (χ1) is 8.08. The van der Waals surface area contributed by atoms with Crippen LogP contribution in [0.1, 0.15) is 12.8 Å². The number of nitrogens with zero attached hydrogens (tertiary/aromatic N) is 2. The van der Waals surface area contributed by atoms with Crippen molar-refractivity contribution in [2.45, 2.75) is 12.8 Å². The molecule has 0 unspecified atom stereocenters. The first-order valence-electron chi connectivity index (χ1n) is 5.53. The highest BCUT2D eigenvalue weighted by atomic mass is 79.9. The zero-order chi connectivity index (χ0) is 12.4. The SMILES string of the molecule is NC(=O)C1CCN(c2ncc(N)cc2Br)CC1. The lowest BCUT2D eigenvalue weighted by Crippen LogP contribution is -2.39. The fourth-order valence-electron chi connectivity index (χ4n) is 2.05. The summed E-state index contributed by atoms with van der Waals surface area (Å²) >= 11 is 3.45. The fraction of sp³-hybridized carbons (Fsp3) is 0.455. The Hall–Kier alpha value is -1.30. The van der Waals surface area contributed by atoms with Crippen molar-refractivity contribution in [3.8, 4) is 0 Å². The van der Waals surface area contributed by atoms with Crippen molar-refractivity contribution in [3.63, 3.8) is 0 Å². The predicted molar refractivity (Wildman–Crippen MR) is 70.5 cm³/mol. The molecule has 5 nitrogen and oxygen atoms in total. The molecule has 0 aliphatic carbocycles. The Labute approximate surface area is 108 Å². The van der Waals surface area contributed by atoms with E-state index in [0.29, 0.717) is 5.69 Å². The van der Waals surface area contributed by atoms with E-state index in [2.05, 4.69) is 25.8 Å². The second kappa shape index (κ2) is 4.91. The van der Waals surface area contributed by atoms with E-state index in [1.165, 1.54) is 0 Å². The number of nitrogens with two attached hydrogens (primary N) is 2. The maximum atomic E-state index is 11.1. The summed E-state index contributed by atoms with van der Waals surface area (Å²) < 4.78 is 0.884. The lowest BCUT2D eigenvalue weighted by molar-refractivity contribution is -0.122. The lowest BCUT2D eigenvalue weighted by Gasteiger charge is -2.32. The zero-order valence-corrected chi connectivity index (χ0v) is 11.0. The van der Waals surface area contributed by atoms with Gasteiger partial charge in [0.25, 0.3) is 0 Å². The minimum atomic E-state index is -0.200. The van der Waals surface area contributed by atoms with Crippen LogP contribution in [0.15, 0.2) is 16.7 Å². The number of hydrogen-bond acceptors (Lipinski definition) is 4. The highest BCUT2D eigenvalue weighted by Gasteiger charge is 2.24. The van der Waals surface area contributed by atoms with E-state index in [0.717, 1.165) is 36.2 Å². The minimum absolute atomic E-state index is 0.00110. The topological polar surface area (TPSA) is 85.2 Å². The number of rotatable bonds is 2. The van der Waals surface area contributed by atoms with Gasteiger partial charge in [-0.25, -0.2) is 4.98 Å². The molecule has 0 aromatic carbocycles. The maximum Gasteiger partial charge on any atom is 0.220 e. The second-order valence-corrected chi connectivity index (χ2v) is 5.09. The van der Waals surface area contributed by atoms with Gasteiger partial charge in [-0.2, -0.15) is 0 Å². The molecule has 1 aromatic heterocycles. The summed E-state index contributed by atoms with van der Waals surface area (Å²) in [7, 11) is 0. The van der Waals surface area contributed by atoms with Crippen molar-refractivity contribution >= 4 is 33.3 Å². The van der Waals surface area contributed by atoms with Gasteiger partial charge in [-0.3, -0.25) is 4.79 Å². The largest absolute Gasteiger partial charge is 0.397 e. The third-order valence-corrected chi connectivity index (χ3v) is 3.62. The van der Waals surface area contributed by atoms with Crippen LogP contribution >= 0.6 is 15.9 Å². The van der Waals surface area contributed by atoms with E-state index in [-0.39, 0.29) is 11.8 Å². The Morgan fingerprint density at radius 3 is 2.65 bits per heavy atom. The molecule has 1 aliphatic heterocycles. The second-order valence-electron chi connectivity index (χ2n) is 4.24. The van der Waals surface area contributed by atoms with Crippen molar-refractivity contribution in [1.29, 1.82) is 0 Å². The molecule has 0 bridgehead atoms. The van der Waals surface area contributed by atoms with E-state index in [1.54, 1.807) is 6.20 Å². The summed E-state index contributed by atoms with van der Waals surface area (Å²) in [6.45, 7) is 1.59. The highest BCUT2D eigenvalue weighted by molar-refractivity contribution is 9.10. The van der Waals surface area contributed by atoms with E-state index in [9.17, 15) is 4.79 Å². The zero-order valence-electron chi connectivity index (χ0n) is 9.40. The van der Waals surface area contributed by atoms with Gasteiger partial charge in [0.1, 0.15) is 5.82 Å². The van der Waals surface area contributed by atoms with Gasteiger partial charge in [-0.1, -0.05) is 0 Å². The molecule has 2 heterocycles. The number of piperidine rings is 1. The number of hydrogen-bond donors (Lipinski definition) is 2. The Morgan fingerprint density at radius 1 is 1.47 bits per heavy atom. The standard InChI is InChI=1S/C11H15BrN4O/c12-9-5-8(13)6-15-11(9)16-3-1-7(2-4-16)10(14)17/h5-7H,1-4,13H2,(H2,14,17). The summed E-state index contributed by atoms with van der Waals surface area (Å²) in [6.07, 6.45) is 3.21. The number of primary amides is 1. The summed E-state index contributed by atoms with van der Waals surface area (Å²) in [5.74, 6) is 0.676. The van der Waals surface area contributed by atoms with E-state index in [1.807, 2.05) is 6.07 Å². The summed E-state index contributed by atoms with van der Waals surface area (Å²) in [5.41, 5.74) is 11.6. The summed E-state index contributed by atoms with van der Waals surface area (Å²) in [4.78, 5) is 17.5. The van der Waals surface area contributed by atoms with Gasteiger partial charge in [-0.15, -0.1) is 0 Å². The van der Waals surface area contributed by atoms with Crippen molar-refractivity contribution in [2.24, 2.45) is 11.7 Å². The summed E-state index contributed by atoms with van der Waals surface area (Å²) in [6, 6.07) is 1.84. The third-order valence-electron chi connectivity index (χ3n) is 3.04. The van der Waals surface area contributed by atoms with Crippen LogP contribution in [-0.4, -0.2) is 24.0 Å². The van der Waals surface area contributed by atoms with Gasteiger partial charge >= 0.3 is 0 Å². The summed E-state index contributed by atoms with van der Waals surface area (Å²) in [5, 5.41) is 0. The molecule has 17 heavy (non-hydrogen) atoms. The first-order valence-corrected chi connectivity index (χ1v) is 6.32. The van der Waals surface area contributed by atoms with Crippen LogP contribution in [0, 0.1) is 5.92 Å². The van der Waals surface area contributed by atoms with Crippen LogP contribution < -0.4 is 16.4 Å². The first kappa shape index (κ1) is 12.2. The molecule has 1 saturated heterocycles. The van der Waals surface area contributed by atoms with Crippen LogP contribution in [0.25, 0.3) is 0 Å². The van der Waals surface area contributed by atoms with Crippen molar-refractivity contribution in [2.75, 3.05) is 23.7 Å². The average Bonchev–Trinajstić information content (AvgIpc) is 2.29. The van der Waals surface area contributed by atoms with Gasteiger partial charge in [-0.05, 0) is 34.8 Å². The molecule has 0 radical (unpaired) electrons. The number of pyridine rings is 1. The molecule has 0 saturated carbocycles.